The van der Waals surface area contributed by atoms with Gasteiger partial charge in [-0.05, 0) is 109 Å². The third kappa shape index (κ3) is 59.5. The molecule has 3 atom stereocenters. The summed E-state index contributed by atoms with van der Waals surface area (Å²) in [7, 11) is 1.47. The van der Waals surface area contributed by atoms with Crippen LogP contribution in [-0.4, -0.2) is 74.3 Å². The molecule has 9 nitrogen and oxygen atoms in total. The molecule has 0 aliphatic heterocycles. The lowest BCUT2D eigenvalue weighted by atomic mass is 10.0. The number of quaternary nitrogens is 1. The largest absolute Gasteiger partial charge is 0.472 e. The number of phosphoric ester groups is 1. The number of hydrogen-bond donors (Lipinski definition) is 2. The standard InChI is InChI=1S/C70H125N2O7P/c1-7-10-13-16-19-22-25-28-30-32-34-36-38-40-42-44-47-50-53-56-59-62-69(73)71-67(66-78-80(75,76)77-65-64-72(4,5)6)68(61-58-55-52-49-46-27-24-21-18-15-12-9-3)79-70(74)63-60-57-54-51-48-45-43-41-39-37-35-33-31-29-26-23-20-17-14-11-8-2/h10,13,19-20,22-23,28-31,34,36,40,42,58,61,67-68H,7-9,11-12,14-18,21,24-27,32-33,35,37-39,41,43-57,59-60,62-66H2,1-6H3,(H-,71,73,75,76)/p+1/b13-10-,22-19-,23-20-,30-28-,31-29-,36-34-,42-40-,61-58+. The third-order valence-corrected chi connectivity index (χ3v) is 15.2. The number of ether oxygens (including phenoxy) is 1. The highest BCUT2D eigenvalue weighted by Crippen LogP contribution is 2.43. The van der Waals surface area contributed by atoms with Crippen LogP contribution in [0, 0.1) is 0 Å². The molecule has 2 N–H and O–H groups in total. The van der Waals surface area contributed by atoms with Gasteiger partial charge in [0.2, 0.25) is 5.91 Å². The fourth-order valence-corrected chi connectivity index (χ4v) is 9.91. The van der Waals surface area contributed by atoms with Gasteiger partial charge in [0.1, 0.15) is 19.3 Å². The first kappa shape index (κ1) is 76.9. The van der Waals surface area contributed by atoms with Crippen LogP contribution in [0.2, 0.25) is 0 Å². The summed E-state index contributed by atoms with van der Waals surface area (Å²) in [6.45, 7) is 6.87. The van der Waals surface area contributed by atoms with Gasteiger partial charge >= 0.3 is 13.8 Å². The summed E-state index contributed by atoms with van der Waals surface area (Å²) in [5.41, 5.74) is 0. The van der Waals surface area contributed by atoms with Crippen LogP contribution in [0.3, 0.4) is 0 Å². The number of nitrogens with one attached hydrogen (secondary N) is 1. The Kier molecular flexibility index (Phi) is 56.8. The summed E-state index contributed by atoms with van der Waals surface area (Å²) in [4.78, 5) is 37.8. The van der Waals surface area contributed by atoms with Crippen LogP contribution >= 0.6 is 7.82 Å². The molecule has 0 saturated heterocycles. The van der Waals surface area contributed by atoms with E-state index in [-0.39, 0.29) is 31.5 Å². The lowest BCUT2D eigenvalue weighted by molar-refractivity contribution is -0.870. The molecule has 462 valence electrons. The molecule has 0 heterocycles. The molecule has 10 heteroatoms. The number of carbonyl (C=O) groups excluding carboxylic acids is 2. The topological polar surface area (TPSA) is 111 Å². The van der Waals surface area contributed by atoms with E-state index in [1.807, 2.05) is 33.3 Å². The maximum absolute atomic E-state index is 13.6. The Balaban J connectivity index is 5.22. The zero-order chi connectivity index (χ0) is 58.6. The van der Waals surface area contributed by atoms with E-state index in [1.54, 1.807) is 0 Å². The predicted octanol–water partition coefficient (Wildman–Crippen LogP) is 20.7. The highest BCUT2D eigenvalue weighted by atomic mass is 31.2. The Morgan fingerprint density at radius 1 is 0.450 bits per heavy atom. The van der Waals surface area contributed by atoms with E-state index < -0.39 is 20.0 Å². The smallest absolute Gasteiger partial charge is 0.456 e. The second-order valence-electron chi connectivity index (χ2n) is 23.3. The van der Waals surface area contributed by atoms with E-state index in [9.17, 15) is 19.0 Å². The summed E-state index contributed by atoms with van der Waals surface area (Å²) < 4.78 is 30.8. The Bertz CT molecular complexity index is 1690. The molecule has 0 fully saturated rings. The summed E-state index contributed by atoms with van der Waals surface area (Å²) in [6.07, 6.45) is 79.7. The van der Waals surface area contributed by atoms with Crippen molar-refractivity contribution >= 4 is 19.7 Å². The molecular formula is C70H126N2O7P+. The Hall–Kier alpha value is -3.07. The Labute approximate surface area is 494 Å². The number of rotatable bonds is 59. The van der Waals surface area contributed by atoms with Gasteiger partial charge in [0, 0.05) is 12.8 Å². The van der Waals surface area contributed by atoms with Crippen LogP contribution in [0.4, 0.5) is 0 Å². The highest BCUT2D eigenvalue weighted by molar-refractivity contribution is 7.47. The first-order valence-corrected chi connectivity index (χ1v) is 34.6. The van der Waals surface area contributed by atoms with Gasteiger partial charge in [-0.25, -0.2) is 4.57 Å². The molecule has 80 heavy (non-hydrogen) atoms. The van der Waals surface area contributed by atoms with Gasteiger partial charge in [-0.2, -0.15) is 0 Å². The fraction of sp³-hybridized carbons (Fsp3) is 0.743. The van der Waals surface area contributed by atoms with Crippen molar-refractivity contribution in [2.24, 2.45) is 0 Å². The monoisotopic (exact) mass is 1140 g/mol. The molecule has 0 rings (SSSR count). The number of carbonyl (C=O) groups is 2. The fourth-order valence-electron chi connectivity index (χ4n) is 9.17. The molecule has 0 radical (unpaired) electrons. The molecular weight excluding hydrogens is 1010 g/mol. The summed E-state index contributed by atoms with van der Waals surface area (Å²) >= 11 is 0. The quantitative estimate of drug-likeness (QED) is 0.0205. The van der Waals surface area contributed by atoms with E-state index >= 15 is 0 Å². The van der Waals surface area contributed by atoms with Crippen molar-refractivity contribution in [2.45, 2.75) is 296 Å². The second kappa shape index (κ2) is 59.1. The van der Waals surface area contributed by atoms with Crippen molar-refractivity contribution < 1.29 is 37.3 Å². The summed E-state index contributed by atoms with van der Waals surface area (Å²) in [5, 5.41) is 3.05. The Morgan fingerprint density at radius 2 is 0.800 bits per heavy atom. The van der Waals surface area contributed by atoms with Crippen LogP contribution in [0.5, 0.6) is 0 Å². The number of esters is 1. The predicted molar refractivity (Wildman–Crippen MR) is 346 cm³/mol. The molecule has 3 unspecified atom stereocenters. The van der Waals surface area contributed by atoms with E-state index in [1.165, 1.54) is 135 Å². The van der Waals surface area contributed by atoms with E-state index in [4.69, 9.17) is 13.8 Å². The maximum Gasteiger partial charge on any atom is 0.472 e. The van der Waals surface area contributed by atoms with Crippen LogP contribution in [-0.2, 0) is 27.9 Å². The molecule has 0 aromatic rings. The van der Waals surface area contributed by atoms with Crippen LogP contribution in [0.1, 0.15) is 284 Å². The number of phosphoric acid groups is 1. The molecule has 0 aliphatic carbocycles. The van der Waals surface area contributed by atoms with Gasteiger partial charge in [-0.3, -0.25) is 18.6 Å². The molecule has 0 spiro atoms. The summed E-state index contributed by atoms with van der Waals surface area (Å²) in [5.74, 6) is -0.529. The van der Waals surface area contributed by atoms with Crippen molar-refractivity contribution in [2.75, 3.05) is 40.9 Å². The number of amides is 1. The van der Waals surface area contributed by atoms with Gasteiger partial charge in [0.25, 0.3) is 0 Å². The van der Waals surface area contributed by atoms with Crippen LogP contribution < -0.4 is 5.32 Å². The number of likely N-dealkylation sites (N-methyl/N-ethyl adjacent to an activating group) is 1. The van der Waals surface area contributed by atoms with Gasteiger partial charge in [0.05, 0.1) is 33.8 Å². The average Bonchev–Trinajstić information content (AvgIpc) is 3.42. The number of allylic oxidation sites excluding steroid dienone is 15. The van der Waals surface area contributed by atoms with Crippen molar-refractivity contribution in [3.8, 4) is 0 Å². The van der Waals surface area contributed by atoms with Gasteiger partial charge in [-0.15, -0.1) is 0 Å². The number of nitrogens with zero attached hydrogens (tertiary/aromatic N) is 1. The van der Waals surface area contributed by atoms with Crippen LogP contribution in [0.15, 0.2) is 97.2 Å². The molecule has 1 amide bonds. The van der Waals surface area contributed by atoms with Crippen molar-refractivity contribution in [3.05, 3.63) is 97.2 Å². The Morgan fingerprint density at radius 3 is 1.23 bits per heavy atom. The lowest BCUT2D eigenvalue weighted by Gasteiger charge is -2.27. The van der Waals surface area contributed by atoms with E-state index in [0.29, 0.717) is 17.4 Å². The van der Waals surface area contributed by atoms with E-state index in [2.05, 4.69) is 111 Å². The average molecular weight is 1140 g/mol. The molecule has 0 aliphatic rings. The van der Waals surface area contributed by atoms with Crippen molar-refractivity contribution in [1.29, 1.82) is 0 Å². The van der Waals surface area contributed by atoms with Gasteiger partial charge < -0.3 is 19.4 Å². The van der Waals surface area contributed by atoms with Crippen molar-refractivity contribution in [3.63, 3.8) is 0 Å². The minimum Gasteiger partial charge on any atom is -0.456 e. The zero-order valence-electron chi connectivity index (χ0n) is 52.8. The molecule has 0 aromatic carbocycles. The minimum absolute atomic E-state index is 0.0318. The highest BCUT2D eigenvalue weighted by Gasteiger charge is 2.30. The van der Waals surface area contributed by atoms with Crippen LogP contribution in [0.25, 0.3) is 0 Å². The SMILES string of the molecule is CC/C=C\C/C=C\C/C=C\C/C=C\C/C=C\CCCCCCCC(=O)NC(COP(=O)(O)OCC[N+](C)(C)C)C(/C=C/CCCCCCCCCCCC)OC(=O)CCCCCCCCCCCCC/C=C\C/C=C\CCCCC. The summed E-state index contributed by atoms with van der Waals surface area (Å²) in [6, 6.07) is -0.865. The third-order valence-electron chi connectivity index (χ3n) is 14.3. The number of hydrogen-bond acceptors (Lipinski definition) is 6. The maximum atomic E-state index is 13.6. The second-order valence-corrected chi connectivity index (χ2v) is 24.7. The van der Waals surface area contributed by atoms with Gasteiger partial charge in [0.15, 0.2) is 0 Å². The van der Waals surface area contributed by atoms with Gasteiger partial charge in [-0.1, -0.05) is 260 Å². The lowest BCUT2D eigenvalue weighted by Crippen LogP contribution is -2.47. The zero-order valence-corrected chi connectivity index (χ0v) is 53.7. The molecule has 0 saturated carbocycles. The van der Waals surface area contributed by atoms with E-state index in [0.717, 1.165) is 116 Å². The minimum atomic E-state index is -4.46. The molecule has 0 aromatic heterocycles. The molecule has 0 bridgehead atoms. The first-order chi connectivity index (χ1) is 38.9. The normalized spacial score (nSPS) is 14.2. The van der Waals surface area contributed by atoms with Crippen molar-refractivity contribution in [1.82, 2.24) is 5.32 Å². The first-order valence-electron chi connectivity index (χ1n) is 33.1. The number of unbranched alkanes of at least 4 members (excludes halogenated alkanes) is 29.